The van der Waals surface area contributed by atoms with Crippen molar-refractivity contribution in [3.8, 4) is 5.75 Å². The van der Waals surface area contributed by atoms with Crippen molar-refractivity contribution in [1.82, 2.24) is 0 Å². The molecule has 2 aromatic carbocycles. The van der Waals surface area contributed by atoms with E-state index in [9.17, 15) is 9.59 Å². The summed E-state index contributed by atoms with van der Waals surface area (Å²) in [6.07, 6.45) is -1.61. The van der Waals surface area contributed by atoms with Gasteiger partial charge in [-0.05, 0) is 17.7 Å². The molecule has 0 aromatic heterocycles. The lowest BCUT2D eigenvalue weighted by atomic mass is 10.1. The number of hydrogen-bond donors (Lipinski definition) is 0. The normalized spacial score (nSPS) is 17.0. The van der Waals surface area contributed by atoms with Gasteiger partial charge in [-0.3, -0.25) is 0 Å². The van der Waals surface area contributed by atoms with Crippen molar-refractivity contribution in [3.05, 3.63) is 66.2 Å². The highest BCUT2D eigenvalue weighted by molar-refractivity contribution is 6.41. The van der Waals surface area contributed by atoms with Crippen LogP contribution in [0, 0.1) is 0 Å². The third-order valence-corrected chi connectivity index (χ3v) is 2.94. The van der Waals surface area contributed by atoms with Gasteiger partial charge < -0.3 is 9.47 Å². The van der Waals surface area contributed by atoms with Crippen LogP contribution in [0.5, 0.6) is 5.75 Å². The molecule has 0 bridgehead atoms. The van der Waals surface area contributed by atoms with Crippen molar-refractivity contribution < 1.29 is 19.1 Å². The molecule has 1 aliphatic rings. The van der Waals surface area contributed by atoms with E-state index >= 15 is 0 Å². The van der Waals surface area contributed by atoms with Crippen LogP contribution in [0.2, 0.25) is 0 Å². The zero-order valence-electron chi connectivity index (χ0n) is 10.9. The van der Waals surface area contributed by atoms with Gasteiger partial charge in [0.15, 0.2) is 11.8 Å². The number of carbonyl (C=O) groups is 2. The largest absolute Gasteiger partial charge is 0.435 e. The van der Waals surface area contributed by atoms with Gasteiger partial charge in [0.05, 0.1) is 0 Å². The maximum absolute atomic E-state index is 12.2. The maximum Gasteiger partial charge on any atom is 0.435 e. The summed E-state index contributed by atoms with van der Waals surface area (Å²) in [5.74, 6) is -0.308. The fourth-order valence-corrected chi connectivity index (χ4v) is 1.99. The summed E-state index contributed by atoms with van der Waals surface area (Å²) < 4.78 is 10.3. The molecule has 1 atom stereocenters. The fourth-order valence-electron chi connectivity index (χ4n) is 1.99. The van der Waals surface area contributed by atoms with Crippen LogP contribution in [0.1, 0.15) is 11.7 Å². The highest BCUT2D eigenvalue weighted by Crippen LogP contribution is 2.26. The predicted molar refractivity (Wildman–Crippen MR) is 75.2 cm³/mol. The van der Waals surface area contributed by atoms with Crippen molar-refractivity contribution in [1.29, 1.82) is 0 Å². The predicted octanol–water partition coefficient (Wildman–Crippen LogP) is 2.92. The molecule has 1 unspecified atom stereocenters. The van der Waals surface area contributed by atoms with Crippen LogP contribution in [-0.2, 0) is 9.53 Å². The number of cyclic esters (lactones) is 1. The number of nitrogens with zero attached hydrogens (tertiary/aromatic N) is 1. The van der Waals surface area contributed by atoms with Crippen molar-refractivity contribution in [2.75, 3.05) is 0 Å². The molecule has 0 fully saturated rings. The lowest BCUT2D eigenvalue weighted by Gasteiger charge is -2.11. The second kappa shape index (κ2) is 5.58. The van der Waals surface area contributed by atoms with Crippen LogP contribution < -0.4 is 4.74 Å². The topological polar surface area (TPSA) is 65.0 Å². The van der Waals surface area contributed by atoms with Gasteiger partial charge >= 0.3 is 12.1 Å². The Labute approximate surface area is 120 Å². The number of aliphatic imine (C=N–C) groups is 1. The molecule has 21 heavy (non-hydrogen) atoms. The SMILES string of the molecule is O=C1N=C(C(=O)Oc2ccccc2)C(c2ccccc2)O1. The van der Waals surface area contributed by atoms with Gasteiger partial charge in [0.1, 0.15) is 5.75 Å². The zero-order valence-corrected chi connectivity index (χ0v) is 10.9. The number of benzene rings is 2. The average Bonchev–Trinajstić information content (AvgIpc) is 2.91. The van der Waals surface area contributed by atoms with Crippen molar-refractivity contribution in [3.63, 3.8) is 0 Å². The van der Waals surface area contributed by atoms with Crippen LogP contribution in [0.15, 0.2) is 65.7 Å². The monoisotopic (exact) mass is 281 g/mol. The fraction of sp³-hybridized carbons (Fsp3) is 0.0625. The smallest absolute Gasteiger partial charge is 0.433 e. The molecule has 1 amide bonds. The first-order valence-electron chi connectivity index (χ1n) is 6.35. The van der Waals surface area contributed by atoms with Gasteiger partial charge in [0, 0.05) is 0 Å². The van der Waals surface area contributed by atoms with E-state index in [0.717, 1.165) is 0 Å². The first kappa shape index (κ1) is 13.1. The van der Waals surface area contributed by atoms with Gasteiger partial charge in [-0.25, -0.2) is 9.59 Å². The molecule has 104 valence electrons. The highest BCUT2D eigenvalue weighted by Gasteiger charge is 2.35. The van der Waals surface area contributed by atoms with Crippen molar-refractivity contribution >= 4 is 17.8 Å². The summed E-state index contributed by atoms with van der Waals surface area (Å²) in [4.78, 5) is 27.2. The Kier molecular flexibility index (Phi) is 3.47. The summed E-state index contributed by atoms with van der Waals surface area (Å²) in [6, 6.07) is 17.5. The van der Waals surface area contributed by atoms with Crippen LogP contribution in [0.3, 0.4) is 0 Å². The number of ether oxygens (including phenoxy) is 2. The number of carbonyl (C=O) groups excluding carboxylic acids is 2. The molecule has 0 spiro atoms. The second-order valence-corrected chi connectivity index (χ2v) is 4.37. The first-order valence-corrected chi connectivity index (χ1v) is 6.35. The van der Waals surface area contributed by atoms with Crippen LogP contribution in [0.25, 0.3) is 0 Å². The molecular formula is C16H11NO4. The van der Waals surface area contributed by atoms with Crippen molar-refractivity contribution in [2.24, 2.45) is 4.99 Å². The third kappa shape index (κ3) is 2.81. The number of esters is 1. The molecule has 1 heterocycles. The lowest BCUT2D eigenvalue weighted by molar-refractivity contribution is -0.127. The second-order valence-electron chi connectivity index (χ2n) is 4.37. The van der Waals surface area contributed by atoms with Gasteiger partial charge in [0.25, 0.3) is 0 Å². The molecule has 5 heteroatoms. The van der Waals surface area contributed by atoms with E-state index in [-0.39, 0.29) is 5.71 Å². The Hall–Kier alpha value is -2.95. The van der Waals surface area contributed by atoms with E-state index in [2.05, 4.69) is 4.99 Å². The molecule has 0 saturated heterocycles. The summed E-state index contributed by atoms with van der Waals surface area (Å²) in [5, 5.41) is 0. The third-order valence-electron chi connectivity index (χ3n) is 2.94. The summed E-state index contributed by atoms with van der Waals surface area (Å²) in [6.45, 7) is 0. The average molecular weight is 281 g/mol. The molecule has 5 nitrogen and oxygen atoms in total. The molecule has 0 aliphatic carbocycles. The van der Waals surface area contributed by atoms with E-state index < -0.39 is 18.2 Å². The van der Waals surface area contributed by atoms with Gasteiger partial charge in [0.2, 0.25) is 0 Å². The molecule has 2 aromatic rings. The molecule has 3 rings (SSSR count). The van der Waals surface area contributed by atoms with E-state index in [1.165, 1.54) is 0 Å². The number of rotatable bonds is 3. The minimum absolute atomic E-state index is 0.0462. The Morgan fingerprint density at radius 3 is 2.29 bits per heavy atom. The summed E-state index contributed by atoms with van der Waals surface area (Å²) in [7, 11) is 0. The number of para-hydroxylation sites is 1. The maximum atomic E-state index is 12.2. The van der Waals surface area contributed by atoms with Crippen molar-refractivity contribution in [2.45, 2.75) is 6.10 Å². The van der Waals surface area contributed by atoms with E-state index in [0.29, 0.717) is 11.3 Å². The Bertz CT molecular complexity index is 695. The van der Waals surface area contributed by atoms with Gasteiger partial charge in [-0.15, -0.1) is 0 Å². The van der Waals surface area contributed by atoms with Crippen LogP contribution >= 0.6 is 0 Å². The highest BCUT2D eigenvalue weighted by atomic mass is 16.6. The Balaban J connectivity index is 1.84. The molecule has 0 N–H and O–H groups in total. The Morgan fingerprint density at radius 1 is 1.00 bits per heavy atom. The zero-order chi connectivity index (χ0) is 14.7. The van der Waals surface area contributed by atoms with E-state index in [1.54, 1.807) is 48.5 Å². The van der Waals surface area contributed by atoms with Crippen LogP contribution in [-0.4, -0.2) is 17.8 Å². The van der Waals surface area contributed by atoms with E-state index in [1.807, 2.05) is 12.1 Å². The summed E-state index contributed by atoms with van der Waals surface area (Å²) >= 11 is 0. The quantitative estimate of drug-likeness (QED) is 0.641. The minimum Gasteiger partial charge on any atom is -0.433 e. The summed E-state index contributed by atoms with van der Waals surface area (Å²) in [5.41, 5.74) is 0.627. The molecular weight excluding hydrogens is 270 g/mol. The number of hydrogen-bond acceptors (Lipinski definition) is 4. The van der Waals surface area contributed by atoms with Crippen LogP contribution in [0.4, 0.5) is 4.79 Å². The lowest BCUT2D eigenvalue weighted by Crippen LogP contribution is -2.25. The Morgan fingerprint density at radius 2 is 1.62 bits per heavy atom. The number of amides is 1. The molecule has 0 radical (unpaired) electrons. The molecule has 0 saturated carbocycles. The van der Waals surface area contributed by atoms with Gasteiger partial charge in [-0.1, -0.05) is 48.5 Å². The standard InChI is InChI=1S/C16H11NO4/c18-15(20-12-9-5-2-6-10-12)13-14(21-16(19)17-13)11-7-3-1-4-8-11/h1-10,14H. The van der Waals surface area contributed by atoms with E-state index in [4.69, 9.17) is 9.47 Å². The van der Waals surface area contributed by atoms with Gasteiger partial charge in [-0.2, -0.15) is 4.99 Å². The first-order chi connectivity index (χ1) is 10.2. The molecule has 1 aliphatic heterocycles. The minimum atomic E-state index is -0.824.